The first-order chi connectivity index (χ1) is 12.6. The molecule has 1 fully saturated rings. The Morgan fingerprint density at radius 2 is 1.58 bits per heavy atom. The fourth-order valence-electron chi connectivity index (χ4n) is 2.94. The van der Waals surface area contributed by atoms with Crippen LogP contribution in [-0.2, 0) is 0 Å². The smallest absolute Gasteiger partial charge is 0.195 e. The Morgan fingerprint density at radius 3 is 2.23 bits per heavy atom. The van der Waals surface area contributed by atoms with Crippen LogP contribution < -0.4 is 10.5 Å². The van der Waals surface area contributed by atoms with Gasteiger partial charge in [-0.05, 0) is 42.0 Å². The molecule has 0 saturated carbocycles. The van der Waals surface area contributed by atoms with Gasteiger partial charge in [0, 0.05) is 23.1 Å². The number of benzene rings is 2. The number of likely N-dealkylation sites (tertiary alicyclic amines) is 1. The summed E-state index contributed by atoms with van der Waals surface area (Å²) in [5.74, 6) is 0.824. The maximum Gasteiger partial charge on any atom is 0.195 e. The van der Waals surface area contributed by atoms with Gasteiger partial charge in [-0.2, -0.15) is 5.10 Å². The van der Waals surface area contributed by atoms with Crippen LogP contribution >= 0.6 is 23.2 Å². The van der Waals surface area contributed by atoms with Crippen LogP contribution in [0.5, 0.6) is 5.75 Å². The molecule has 0 spiro atoms. The molecule has 1 unspecified atom stereocenters. The minimum atomic E-state index is -0.147. The van der Waals surface area contributed by atoms with Crippen molar-refractivity contribution in [2.24, 2.45) is 10.8 Å². The normalized spacial score (nSPS) is 20.8. The molecule has 0 aromatic heterocycles. The van der Waals surface area contributed by atoms with Gasteiger partial charge in [-0.3, -0.25) is 9.91 Å². The first-order valence-electron chi connectivity index (χ1n) is 8.38. The van der Waals surface area contributed by atoms with Crippen molar-refractivity contribution in [1.29, 1.82) is 0 Å². The van der Waals surface area contributed by atoms with Gasteiger partial charge in [-0.25, -0.2) is 0 Å². The monoisotopic (exact) mass is 388 g/mol. The highest BCUT2D eigenvalue weighted by Crippen LogP contribution is 2.23. The molecule has 2 heterocycles. The molecule has 7 heteroatoms. The standard InChI is InChI=1S/C19H18Cl2N4O/c20-14-3-1-13(2-4-14)19-18(22)11-25(23-19)12-24-9-17(10-24)26-16-7-5-15(21)6-8-16/h1-8,17-18H,9-11,22H2. The van der Waals surface area contributed by atoms with E-state index < -0.39 is 0 Å². The molecule has 5 nitrogen and oxygen atoms in total. The molecule has 2 aromatic rings. The van der Waals surface area contributed by atoms with Crippen LogP contribution in [0, 0.1) is 6.67 Å². The Hall–Kier alpha value is -1.79. The first-order valence-corrected chi connectivity index (χ1v) is 9.13. The van der Waals surface area contributed by atoms with Gasteiger partial charge in [0.15, 0.2) is 6.67 Å². The molecule has 4 rings (SSSR count). The number of rotatable bonds is 5. The average Bonchev–Trinajstić information content (AvgIpc) is 2.96. The van der Waals surface area contributed by atoms with Crippen LogP contribution in [0.15, 0.2) is 53.6 Å². The average molecular weight is 389 g/mol. The Kier molecular flexibility index (Phi) is 5.05. The van der Waals surface area contributed by atoms with Crippen LogP contribution in [0.25, 0.3) is 0 Å². The Balaban J connectivity index is 1.29. The second kappa shape index (κ2) is 7.45. The van der Waals surface area contributed by atoms with Crippen molar-refractivity contribution in [3.63, 3.8) is 0 Å². The summed E-state index contributed by atoms with van der Waals surface area (Å²) < 4.78 is 5.89. The highest BCUT2D eigenvalue weighted by molar-refractivity contribution is 6.31. The van der Waals surface area contributed by atoms with Gasteiger partial charge in [0.1, 0.15) is 11.9 Å². The lowest BCUT2D eigenvalue weighted by Gasteiger charge is -2.39. The maximum atomic E-state index is 6.22. The van der Waals surface area contributed by atoms with E-state index in [4.69, 9.17) is 33.7 Å². The summed E-state index contributed by atoms with van der Waals surface area (Å²) in [5.41, 5.74) is 8.05. The lowest BCUT2D eigenvalue weighted by molar-refractivity contribution is 0.0173. The molecule has 134 valence electrons. The summed E-state index contributed by atoms with van der Waals surface area (Å²) in [6.07, 6.45) is 0.139. The molecule has 0 bridgehead atoms. The second-order valence-corrected chi connectivity index (χ2v) is 7.25. The minimum Gasteiger partial charge on any atom is -0.488 e. The zero-order valence-electron chi connectivity index (χ0n) is 14.0. The third-order valence-corrected chi connectivity index (χ3v) is 4.81. The highest BCUT2D eigenvalue weighted by Gasteiger charge is 2.33. The zero-order valence-corrected chi connectivity index (χ0v) is 15.5. The van der Waals surface area contributed by atoms with E-state index in [2.05, 4.69) is 11.8 Å². The number of ether oxygens (including phenoxy) is 1. The van der Waals surface area contributed by atoms with Gasteiger partial charge in [0.2, 0.25) is 0 Å². The van der Waals surface area contributed by atoms with E-state index in [0.29, 0.717) is 16.6 Å². The minimum absolute atomic E-state index is 0.139. The topological polar surface area (TPSA) is 54.1 Å². The van der Waals surface area contributed by atoms with Crippen molar-refractivity contribution in [2.75, 3.05) is 19.6 Å². The number of hydrogen-bond donors (Lipinski definition) is 1. The molecule has 2 aliphatic heterocycles. The summed E-state index contributed by atoms with van der Waals surface area (Å²) in [5, 5.41) is 7.75. The van der Waals surface area contributed by atoms with Crippen LogP contribution in [-0.4, -0.2) is 47.4 Å². The predicted molar refractivity (Wildman–Crippen MR) is 103 cm³/mol. The number of hydrazone groups is 1. The summed E-state index contributed by atoms with van der Waals surface area (Å²) in [6.45, 7) is 5.39. The summed E-state index contributed by atoms with van der Waals surface area (Å²) in [4.78, 5) is 2.04. The maximum absolute atomic E-state index is 6.22. The fourth-order valence-corrected chi connectivity index (χ4v) is 3.19. The fraction of sp³-hybridized carbons (Fsp3) is 0.263. The molecule has 2 radical (unpaired) electrons. The third kappa shape index (κ3) is 3.96. The van der Waals surface area contributed by atoms with Crippen LogP contribution in [0.2, 0.25) is 10.0 Å². The van der Waals surface area contributed by atoms with Crippen LogP contribution in [0.4, 0.5) is 0 Å². The first kappa shape index (κ1) is 17.6. The molecule has 2 aliphatic rings. The van der Waals surface area contributed by atoms with E-state index in [-0.39, 0.29) is 12.1 Å². The largest absolute Gasteiger partial charge is 0.488 e. The number of halogens is 2. The van der Waals surface area contributed by atoms with E-state index in [9.17, 15) is 0 Å². The quantitative estimate of drug-likeness (QED) is 0.854. The molecule has 1 saturated heterocycles. The van der Waals surface area contributed by atoms with Crippen LogP contribution in [0.3, 0.4) is 0 Å². The molecular formula is C19H18Cl2N4O. The van der Waals surface area contributed by atoms with Crippen molar-refractivity contribution < 1.29 is 4.74 Å². The predicted octanol–water partition coefficient (Wildman–Crippen LogP) is 3.10. The highest BCUT2D eigenvalue weighted by atomic mass is 35.5. The molecule has 26 heavy (non-hydrogen) atoms. The Labute approximate surface area is 162 Å². The van der Waals surface area contributed by atoms with E-state index in [1.807, 2.05) is 53.4 Å². The summed E-state index contributed by atoms with van der Waals surface area (Å²) in [6, 6.07) is 14.8. The molecular weight excluding hydrogens is 371 g/mol. The van der Waals surface area contributed by atoms with Crippen molar-refractivity contribution in [1.82, 2.24) is 9.91 Å². The summed E-state index contributed by atoms with van der Waals surface area (Å²) in [7, 11) is 0. The Morgan fingerprint density at radius 1 is 0.962 bits per heavy atom. The Bertz CT molecular complexity index is 788. The second-order valence-electron chi connectivity index (χ2n) is 6.38. The van der Waals surface area contributed by atoms with Gasteiger partial charge < -0.3 is 10.5 Å². The van der Waals surface area contributed by atoms with Gasteiger partial charge in [-0.1, -0.05) is 35.3 Å². The van der Waals surface area contributed by atoms with Gasteiger partial charge in [0.05, 0.1) is 18.3 Å². The van der Waals surface area contributed by atoms with E-state index in [1.165, 1.54) is 0 Å². The molecule has 1 atom stereocenters. The molecule has 0 aliphatic carbocycles. The van der Waals surface area contributed by atoms with Crippen molar-refractivity contribution in [3.05, 3.63) is 70.8 Å². The van der Waals surface area contributed by atoms with Gasteiger partial charge in [-0.15, -0.1) is 0 Å². The lowest BCUT2D eigenvalue weighted by atomic mass is 10.1. The third-order valence-electron chi connectivity index (χ3n) is 4.31. The van der Waals surface area contributed by atoms with Gasteiger partial charge >= 0.3 is 0 Å². The molecule has 2 N–H and O–H groups in total. The van der Waals surface area contributed by atoms with E-state index >= 15 is 0 Å². The lowest BCUT2D eigenvalue weighted by Crippen LogP contribution is -2.54. The van der Waals surface area contributed by atoms with Crippen molar-refractivity contribution in [3.8, 4) is 5.75 Å². The SMILES string of the molecule is NC1CN([C]N2CC(Oc3ccc(Cl)cc3)C2)N=C1c1ccc(Cl)cc1. The zero-order chi connectivity index (χ0) is 18.1. The molecule has 2 aromatic carbocycles. The number of nitrogens with zero attached hydrogens (tertiary/aromatic N) is 3. The summed E-state index contributed by atoms with van der Waals surface area (Å²) >= 11 is 11.8. The number of nitrogens with two attached hydrogens (primary N) is 1. The van der Waals surface area contributed by atoms with Crippen LogP contribution in [0.1, 0.15) is 5.56 Å². The van der Waals surface area contributed by atoms with E-state index in [0.717, 1.165) is 30.1 Å². The number of hydrogen-bond acceptors (Lipinski definition) is 5. The van der Waals surface area contributed by atoms with E-state index in [1.54, 1.807) is 5.01 Å². The van der Waals surface area contributed by atoms with Crippen molar-refractivity contribution >= 4 is 28.9 Å². The van der Waals surface area contributed by atoms with Gasteiger partial charge in [0.25, 0.3) is 0 Å². The molecule has 0 amide bonds. The van der Waals surface area contributed by atoms with Crippen molar-refractivity contribution in [2.45, 2.75) is 12.1 Å².